The van der Waals surface area contributed by atoms with Crippen LogP contribution in [-0.4, -0.2) is 83.0 Å². The summed E-state index contributed by atoms with van der Waals surface area (Å²) in [6, 6.07) is 8.20. The molecule has 0 saturated carbocycles. The highest BCUT2D eigenvalue weighted by molar-refractivity contribution is 5.90. The van der Waals surface area contributed by atoms with Crippen molar-refractivity contribution >= 4 is 23.6 Å². The number of nitrogens with one attached hydrogen (secondary N) is 2. The van der Waals surface area contributed by atoms with Crippen LogP contribution in [0.15, 0.2) is 42.6 Å². The van der Waals surface area contributed by atoms with Crippen LogP contribution in [0.1, 0.15) is 36.8 Å². The number of carboxylic acid groups (broad SMARTS) is 1. The molecule has 0 aliphatic carbocycles. The van der Waals surface area contributed by atoms with Crippen molar-refractivity contribution in [2.45, 2.75) is 56.8 Å². The summed E-state index contributed by atoms with van der Waals surface area (Å²) < 4.78 is 13.6. The van der Waals surface area contributed by atoms with Gasteiger partial charge in [-0.2, -0.15) is 0 Å². The molecule has 0 bridgehead atoms. The van der Waals surface area contributed by atoms with Gasteiger partial charge in [-0.3, -0.25) is 24.2 Å². The van der Waals surface area contributed by atoms with Crippen LogP contribution < -0.4 is 16.4 Å². The third-order valence-corrected chi connectivity index (χ3v) is 6.90. The zero-order valence-electron chi connectivity index (χ0n) is 21.9. The number of carbonyl (C=O) groups excluding carboxylic acids is 2. The number of hydrogen-bond donors (Lipinski definition) is 4. The molecule has 2 aliphatic heterocycles. The number of nitrogens with two attached hydrogens (primary N) is 1. The van der Waals surface area contributed by atoms with Gasteiger partial charge in [0.05, 0.1) is 6.04 Å². The number of carbonyl (C=O) groups is 3. The Balaban J connectivity index is 0.000000375. The van der Waals surface area contributed by atoms with Crippen molar-refractivity contribution in [1.82, 2.24) is 25.4 Å². The Hall–Kier alpha value is -3.57. The summed E-state index contributed by atoms with van der Waals surface area (Å²) in [7, 11) is 3.75. The van der Waals surface area contributed by atoms with Gasteiger partial charge in [0.25, 0.3) is 0 Å². The molecule has 38 heavy (non-hydrogen) atoms. The van der Waals surface area contributed by atoms with Crippen molar-refractivity contribution in [1.29, 1.82) is 0 Å². The molecular weight excluding hydrogens is 491 g/mol. The Labute approximate surface area is 222 Å². The molecule has 1 aromatic heterocycles. The monoisotopic (exact) mass is 528 g/mol. The van der Waals surface area contributed by atoms with Gasteiger partial charge in [0.15, 0.2) is 0 Å². The Bertz CT molecular complexity index is 1100. The Kier molecular flexibility index (Phi) is 10.5. The number of likely N-dealkylation sites (tertiary alicyclic amines) is 2. The zero-order valence-corrected chi connectivity index (χ0v) is 21.9. The van der Waals surface area contributed by atoms with Gasteiger partial charge < -0.3 is 21.5 Å². The number of benzene rings is 1. The normalized spacial score (nSPS) is 20.3. The third kappa shape index (κ3) is 8.49. The first-order valence-corrected chi connectivity index (χ1v) is 12.8. The zero-order chi connectivity index (χ0) is 27.7. The molecule has 2 saturated heterocycles. The fraction of sp³-hybridized carbons (Fsp3) is 0.481. The molecule has 2 aromatic rings. The van der Waals surface area contributed by atoms with E-state index in [9.17, 15) is 18.8 Å². The SMILES string of the molecule is CN1CCC[C@@H]1C(=O)N[C@@H](Cc1cccc(F)c1)C(=O)NCc1ccc(N)nc1.CN1CCC[C@@H]1C(=O)O. The maximum Gasteiger partial charge on any atom is 0.320 e. The summed E-state index contributed by atoms with van der Waals surface area (Å²) in [5, 5.41) is 14.2. The van der Waals surface area contributed by atoms with Crippen LogP contribution in [0.2, 0.25) is 0 Å². The number of nitrogen functional groups attached to an aromatic ring is 1. The van der Waals surface area contributed by atoms with E-state index < -0.39 is 12.0 Å². The highest BCUT2D eigenvalue weighted by atomic mass is 19.1. The van der Waals surface area contributed by atoms with E-state index in [-0.39, 0.29) is 42.7 Å². The quantitative estimate of drug-likeness (QED) is 0.403. The Morgan fingerprint density at radius 1 is 1.08 bits per heavy atom. The lowest BCUT2D eigenvalue weighted by atomic mass is 10.0. The number of carboxylic acids is 1. The molecule has 0 unspecified atom stereocenters. The van der Waals surface area contributed by atoms with Crippen molar-refractivity contribution in [2.24, 2.45) is 0 Å². The van der Waals surface area contributed by atoms with Crippen LogP contribution in [0.4, 0.5) is 10.2 Å². The predicted molar refractivity (Wildman–Crippen MR) is 141 cm³/mol. The van der Waals surface area contributed by atoms with Crippen LogP contribution in [0.5, 0.6) is 0 Å². The lowest BCUT2D eigenvalue weighted by molar-refractivity contribution is -0.141. The highest BCUT2D eigenvalue weighted by Crippen LogP contribution is 2.16. The molecule has 4 rings (SSSR count). The van der Waals surface area contributed by atoms with Gasteiger partial charge >= 0.3 is 5.97 Å². The van der Waals surface area contributed by atoms with Gasteiger partial charge in [0.2, 0.25) is 11.8 Å². The molecule has 3 heterocycles. The minimum absolute atomic E-state index is 0.185. The Morgan fingerprint density at radius 2 is 1.76 bits per heavy atom. The standard InChI is InChI=1S/C21H26FN5O2.C6H11NO2/c1-27-9-3-6-18(27)21(29)26-17(11-14-4-2-5-16(22)10-14)20(28)25-13-15-7-8-19(23)24-12-15;1-7-4-2-3-5(7)6(8)9/h2,4-5,7-8,10,12,17-18H,3,6,9,11,13H2,1H3,(H2,23,24)(H,25,28)(H,26,29);5H,2-4H2,1H3,(H,8,9)/t17-,18+;5-/m01/s1. The van der Waals surface area contributed by atoms with Gasteiger partial charge in [-0.15, -0.1) is 0 Å². The second kappa shape index (κ2) is 13.8. The van der Waals surface area contributed by atoms with Gasteiger partial charge in [0.1, 0.15) is 23.7 Å². The first kappa shape index (κ1) is 29.0. The average Bonchev–Trinajstić information content (AvgIpc) is 3.51. The summed E-state index contributed by atoms with van der Waals surface area (Å²) in [6.07, 6.45) is 5.32. The molecule has 0 radical (unpaired) electrons. The summed E-state index contributed by atoms with van der Waals surface area (Å²) in [5.74, 6) is -1.18. The predicted octanol–water partition coefficient (Wildman–Crippen LogP) is 1.41. The van der Waals surface area contributed by atoms with E-state index in [0.29, 0.717) is 11.4 Å². The third-order valence-electron chi connectivity index (χ3n) is 6.90. The smallest absolute Gasteiger partial charge is 0.320 e. The molecule has 11 heteroatoms. The minimum atomic E-state index is -0.806. The van der Waals surface area contributed by atoms with Gasteiger partial charge in [-0.25, -0.2) is 9.37 Å². The number of rotatable bonds is 8. The summed E-state index contributed by atoms with van der Waals surface area (Å²) >= 11 is 0. The van der Waals surface area contributed by atoms with Crippen LogP contribution in [-0.2, 0) is 27.3 Å². The van der Waals surface area contributed by atoms with E-state index in [1.54, 1.807) is 30.5 Å². The van der Waals surface area contributed by atoms with Crippen molar-refractivity contribution in [3.63, 3.8) is 0 Å². The molecule has 2 fully saturated rings. The first-order valence-electron chi connectivity index (χ1n) is 12.8. The molecule has 1 aromatic carbocycles. The summed E-state index contributed by atoms with van der Waals surface area (Å²) in [5.41, 5.74) is 7.00. The van der Waals surface area contributed by atoms with Crippen LogP contribution in [0.25, 0.3) is 0 Å². The van der Waals surface area contributed by atoms with E-state index >= 15 is 0 Å². The Morgan fingerprint density at radius 3 is 2.29 bits per heavy atom. The molecule has 5 N–H and O–H groups in total. The fourth-order valence-corrected chi connectivity index (χ4v) is 4.69. The minimum Gasteiger partial charge on any atom is -0.480 e. The molecule has 2 amide bonds. The largest absolute Gasteiger partial charge is 0.480 e. The second-order valence-corrected chi connectivity index (χ2v) is 9.82. The number of amides is 2. The van der Waals surface area contributed by atoms with Crippen LogP contribution in [0.3, 0.4) is 0 Å². The number of aromatic nitrogens is 1. The molecule has 0 spiro atoms. The van der Waals surface area contributed by atoms with Crippen LogP contribution in [0, 0.1) is 5.82 Å². The number of halogens is 1. The number of likely N-dealkylation sites (N-methyl/N-ethyl adjacent to an activating group) is 2. The lowest BCUT2D eigenvalue weighted by Crippen LogP contribution is -2.52. The first-order chi connectivity index (χ1) is 18.1. The van der Waals surface area contributed by atoms with Crippen molar-refractivity contribution < 1.29 is 23.9 Å². The summed E-state index contributed by atoms with van der Waals surface area (Å²) in [6.45, 7) is 2.03. The second-order valence-electron chi connectivity index (χ2n) is 9.82. The van der Waals surface area contributed by atoms with E-state index in [2.05, 4.69) is 15.6 Å². The van der Waals surface area contributed by atoms with Crippen LogP contribution >= 0.6 is 0 Å². The van der Waals surface area contributed by atoms with Gasteiger partial charge in [0, 0.05) is 19.2 Å². The molecular formula is C27H37FN6O4. The lowest BCUT2D eigenvalue weighted by Gasteiger charge is -2.23. The number of hydrogen-bond acceptors (Lipinski definition) is 7. The number of nitrogens with zero attached hydrogens (tertiary/aromatic N) is 3. The molecule has 2 aliphatic rings. The average molecular weight is 529 g/mol. The van der Waals surface area contributed by atoms with E-state index in [0.717, 1.165) is 44.3 Å². The maximum absolute atomic E-state index is 13.6. The number of anilines is 1. The van der Waals surface area contributed by atoms with Gasteiger partial charge in [-0.1, -0.05) is 18.2 Å². The molecule has 206 valence electrons. The van der Waals surface area contributed by atoms with E-state index in [1.165, 1.54) is 12.1 Å². The van der Waals surface area contributed by atoms with Crippen molar-refractivity contribution in [3.05, 3.63) is 59.5 Å². The number of aliphatic carboxylic acids is 1. The highest BCUT2D eigenvalue weighted by Gasteiger charge is 2.31. The van der Waals surface area contributed by atoms with E-state index in [4.69, 9.17) is 10.8 Å². The summed E-state index contributed by atoms with van der Waals surface area (Å²) in [4.78, 5) is 43.8. The van der Waals surface area contributed by atoms with Crippen molar-refractivity contribution in [3.8, 4) is 0 Å². The topological polar surface area (TPSA) is 141 Å². The van der Waals surface area contributed by atoms with Gasteiger partial charge in [-0.05, 0) is 82.2 Å². The maximum atomic E-state index is 13.6. The molecule has 10 nitrogen and oxygen atoms in total. The number of pyridine rings is 1. The van der Waals surface area contributed by atoms with Crippen molar-refractivity contribution in [2.75, 3.05) is 32.9 Å². The molecule has 3 atom stereocenters. The fourth-order valence-electron chi connectivity index (χ4n) is 4.69. The van der Waals surface area contributed by atoms with E-state index in [1.807, 2.05) is 23.9 Å².